The Labute approximate surface area is 125 Å². The van der Waals surface area contributed by atoms with E-state index in [2.05, 4.69) is 0 Å². The van der Waals surface area contributed by atoms with E-state index in [0.717, 1.165) is 31.7 Å². The molecule has 1 aliphatic carbocycles. The lowest BCUT2D eigenvalue weighted by Crippen LogP contribution is -2.33. The number of halogens is 2. The van der Waals surface area contributed by atoms with Crippen LogP contribution in [0.2, 0.25) is 0 Å². The van der Waals surface area contributed by atoms with Crippen LogP contribution in [0.4, 0.5) is 8.78 Å². The fraction of sp³-hybridized carbons (Fsp3) is 0.647. The Morgan fingerprint density at radius 1 is 1.00 bits per heavy atom. The van der Waals surface area contributed by atoms with Gasteiger partial charge in [0.05, 0.1) is 6.10 Å². The van der Waals surface area contributed by atoms with E-state index in [-0.39, 0.29) is 12.5 Å². The molecule has 4 heteroatoms. The molecule has 2 atom stereocenters. The molecule has 0 spiro atoms. The summed E-state index contributed by atoms with van der Waals surface area (Å²) < 4.78 is 26.8. The fourth-order valence-corrected chi connectivity index (χ4v) is 3.42. The van der Waals surface area contributed by atoms with E-state index in [4.69, 9.17) is 5.73 Å². The fourth-order valence-electron chi connectivity index (χ4n) is 3.42. The minimum absolute atomic E-state index is 0.171. The van der Waals surface area contributed by atoms with Gasteiger partial charge in [0.15, 0.2) is 0 Å². The summed E-state index contributed by atoms with van der Waals surface area (Å²) in [5.74, 6) is -1.47. The highest BCUT2D eigenvalue weighted by Crippen LogP contribution is 2.32. The van der Waals surface area contributed by atoms with E-state index in [9.17, 15) is 13.9 Å². The molecule has 1 aromatic carbocycles. The molecule has 0 radical (unpaired) electrons. The first-order valence-electron chi connectivity index (χ1n) is 7.96. The van der Waals surface area contributed by atoms with Crippen LogP contribution in [0.3, 0.4) is 0 Å². The summed E-state index contributed by atoms with van der Waals surface area (Å²) in [4.78, 5) is 0. The predicted octanol–water partition coefficient (Wildman–Crippen LogP) is 3.73. The molecule has 2 unspecified atom stereocenters. The van der Waals surface area contributed by atoms with E-state index in [1.54, 1.807) is 0 Å². The Bertz CT molecular complexity index is 424. The highest BCUT2D eigenvalue weighted by Gasteiger charge is 2.28. The third-order valence-electron chi connectivity index (χ3n) is 4.61. The van der Waals surface area contributed by atoms with Crippen molar-refractivity contribution >= 4 is 0 Å². The highest BCUT2D eigenvalue weighted by atomic mass is 19.1. The van der Waals surface area contributed by atoms with Gasteiger partial charge in [-0.15, -0.1) is 0 Å². The molecule has 0 aromatic heterocycles. The monoisotopic (exact) mass is 297 g/mol. The van der Waals surface area contributed by atoms with Crippen LogP contribution in [0.1, 0.15) is 56.4 Å². The Kier molecular flexibility index (Phi) is 6.12. The van der Waals surface area contributed by atoms with Crippen molar-refractivity contribution in [3.05, 3.63) is 35.4 Å². The standard InChI is InChI=1S/C17H25F2NO/c18-14-8-13(9-15(19)10-14)16(11-20)17(21)12-6-4-2-1-3-5-7-12/h8-10,12,16-17,21H,1-7,11,20H2. The first-order valence-corrected chi connectivity index (χ1v) is 7.96. The summed E-state index contributed by atoms with van der Waals surface area (Å²) in [5, 5.41) is 10.7. The molecule has 3 N–H and O–H groups in total. The van der Waals surface area contributed by atoms with E-state index < -0.39 is 23.7 Å². The van der Waals surface area contributed by atoms with Gasteiger partial charge in [-0.25, -0.2) is 8.78 Å². The largest absolute Gasteiger partial charge is 0.392 e. The Balaban J connectivity index is 2.14. The number of nitrogens with two attached hydrogens (primary N) is 1. The molecule has 118 valence electrons. The second-order valence-corrected chi connectivity index (χ2v) is 6.14. The van der Waals surface area contributed by atoms with Gasteiger partial charge in [-0.3, -0.25) is 0 Å². The number of hydrogen-bond acceptors (Lipinski definition) is 2. The average molecular weight is 297 g/mol. The maximum atomic E-state index is 13.4. The van der Waals surface area contributed by atoms with Crippen LogP contribution in [0.5, 0.6) is 0 Å². The molecule has 0 amide bonds. The first-order chi connectivity index (χ1) is 10.1. The van der Waals surface area contributed by atoms with Crippen LogP contribution < -0.4 is 5.73 Å². The SMILES string of the molecule is NCC(c1cc(F)cc(F)c1)C(O)C1CCCCCCC1. The number of benzene rings is 1. The van der Waals surface area contributed by atoms with Gasteiger partial charge < -0.3 is 10.8 Å². The van der Waals surface area contributed by atoms with Crippen LogP contribution in [0.15, 0.2) is 18.2 Å². The summed E-state index contributed by atoms with van der Waals surface area (Å²) in [5.41, 5.74) is 6.24. The molecule has 1 aliphatic rings. The van der Waals surface area contributed by atoms with Gasteiger partial charge in [0.25, 0.3) is 0 Å². The summed E-state index contributed by atoms with van der Waals surface area (Å²) in [6.45, 7) is 0.195. The minimum Gasteiger partial charge on any atom is -0.392 e. The normalized spacial score (nSPS) is 20.6. The zero-order valence-corrected chi connectivity index (χ0v) is 12.4. The van der Waals surface area contributed by atoms with Crippen molar-refractivity contribution in [2.24, 2.45) is 11.7 Å². The Morgan fingerprint density at radius 3 is 2.05 bits per heavy atom. The molecule has 1 fully saturated rings. The van der Waals surface area contributed by atoms with E-state index >= 15 is 0 Å². The number of rotatable bonds is 4. The summed E-state index contributed by atoms with van der Waals surface area (Å²) in [6, 6.07) is 3.42. The van der Waals surface area contributed by atoms with Crippen molar-refractivity contribution in [2.45, 2.75) is 57.0 Å². The van der Waals surface area contributed by atoms with Crippen molar-refractivity contribution < 1.29 is 13.9 Å². The zero-order chi connectivity index (χ0) is 15.2. The smallest absolute Gasteiger partial charge is 0.126 e. The Morgan fingerprint density at radius 2 is 1.52 bits per heavy atom. The molecule has 0 saturated heterocycles. The first kappa shape index (κ1) is 16.4. The van der Waals surface area contributed by atoms with Crippen LogP contribution >= 0.6 is 0 Å². The lowest BCUT2D eigenvalue weighted by molar-refractivity contribution is 0.0678. The van der Waals surface area contributed by atoms with Gasteiger partial charge in [0, 0.05) is 18.5 Å². The summed E-state index contributed by atoms with van der Waals surface area (Å²) in [7, 11) is 0. The number of hydrogen-bond donors (Lipinski definition) is 2. The van der Waals surface area contributed by atoms with Gasteiger partial charge in [0.2, 0.25) is 0 Å². The van der Waals surface area contributed by atoms with E-state index in [0.29, 0.717) is 5.56 Å². The molecule has 0 heterocycles. The van der Waals surface area contributed by atoms with Gasteiger partial charge in [-0.05, 0) is 36.5 Å². The van der Waals surface area contributed by atoms with Gasteiger partial charge in [0.1, 0.15) is 11.6 Å². The van der Waals surface area contributed by atoms with E-state index in [1.165, 1.54) is 31.4 Å². The van der Waals surface area contributed by atoms with Crippen molar-refractivity contribution in [2.75, 3.05) is 6.54 Å². The summed E-state index contributed by atoms with van der Waals surface area (Å²) in [6.07, 6.45) is 7.18. The third kappa shape index (κ3) is 4.48. The van der Waals surface area contributed by atoms with Crippen LogP contribution in [0.25, 0.3) is 0 Å². The second kappa shape index (κ2) is 7.85. The maximum Gasteiger partial charge on any atom is 0.126 e. The molecule has 1 aromatic rings. The summed E-state index contributed by atoms with van der Waals surface area (Å²) >= 11 is 0. The molecule has 21 heavy (non-hydrogen) atoms. The van der Waals surface area contributed by atoms with E-state index in [1.807, 2.05) is 0 Å². The highest BCUT2D eigenvalue weighted by molar-refractivity contribution is 5.23. The average Bonchev–Trinajstić information content (AvgIpc) is 2.37. The van der Waals surface area contributed by atoms with Crippen molar-refractivity contribution in [3.63, 3.8) is 0 Å². The zero-order valence-electron chi connectivity index (χ0n) is 12.4. The molecule has 0 aliphatic heterocycles. The lowest BCUT2D eigenvalue weighted by Gasteiger charge is -2.31. The second-order valence-electron chi connectivity index (χ2n) is 6.14. The number of aliphatic hydroxyl groups excluding tert-OH is 1. The van der Waals surface area contributed by atoms with Crippen LogP contribution in [-0.2, 0) is 0 Å². The van der Waals surface area contributed by atoms with Gasteiger partial charge in [-0.1, -0.05) is 32.1 Å². The van der Waals surface area contributed by atoms with Crippen molar-refractivity contribution in [1.29, 1.82) is 0 Å². The number of aliphatic hydroxyl groups is 1. The topological polar surface area (TPSA) is 46.2 Å². The predicted molar refractivity (Wildman–Crippen MR) is 80.0 cm³/mol. The van der Waals surface area contributed by atoms with Crippen molar-refractivity contribution in [3.8, 4) is 0 Å². The quantitative estimate of drug-likeness (QED) is 0.889. The molecule has 0 bridgehead atoms. The third-order valence-corrected chi connectivity index (χ3v) is 4.61. The van der Waals surface area contributed by atoms with Crippen LogP contribution in [-0.4, -0.2) is 17.8 Å². The molecule has 2 rings (SSSR count). The minimum atomic E-state index is -0.630. The molecular weight excluding hydrogens is 272 g/mol. The van der Waals surface area contributed by atoms with Crippen LogP contribution in [0, 0.1) is 17.6 Å². The molecular formula is C17H25F2NO. The molecule has 1 saturated carbocycles. The maximum absolute atomic E-state index is 13.4. The Hall–Kier alpha value is -1.00. The van der Waals surface area contributed by atoms with Gasteiger partial charge in [-0.2, -0.15) is 0 Å². The lowest BCUT2D eigenvalue weighted by atomic mass is 9.79. The van der Waals surface area contributed by atoms with Gasteiger partial charge >= 0.3 is 0 Å². The van der Waals surface area contributed by atoms with Crippen molar-refractivity contribution in [1.82, 2.24) is 0 Å². The molecule has 2 nitrogen and oxygen atoms in total.